The quantitative estimate of drug-likeness (QED) is 0.0583. The highest BCUT2D eigenvalue weighted by atomic mass is 35.5. The Balaban J connectivity index is 1.59. The van der Waals surface area contributed by atoms with Crippen LogP contribution in [0.2, 0.25) is 10.0 Å². The van der Waals surface area contributed by atoms with Crippen molar-refractivity contribution in [1.29, 1.82) is 0 Å². The van der Waals surface area contributed by atoms with Gasteiger partial charge in [-0.2, -0.15) is 4.57 Å². The molecule has 0 unspecified atom stereocenters. The summed E-state index contributed by atoms with van der Waals surface area (Å²) in [6.07, 6.45) is 5.41. The molecule has 1 heterocycles. The molecule has 46 heavy (non-hydrogen) atoms. The van der Waals surface area contributed by atoms with E-state index in [0.717, 1.165) is 38.8 Å². The smallest absolute Gasteiger partial charge is 0.404 e. The third kappa shape index (κ3) is 5.53. The minimum absolute atomic E-state index is 0.00365. The number of nitro benzene ring substituents is 1. The van der Waals surface area contributed by atoms with E-state index in [-0.39, 0.29) is 17.0 Å². The Bertz CT molecular complexity index is 2070. The second kappa shape index (κ2) is 12.6. The lowest BCUT2D eigenvalue weighted by Crippen LogP contribution is -2.40. The fraction of sp³-hybridized carbons (Fsp3) is 0.0833. The lowest BCUT2D eigenvalue weighted by molar-refractivity contribution is -0.550. The second-order valence-electron chi connectivity index (χ2n) is 10.5. The first-order valence-electron chi connectivity index (χ1n) is 14.1. The van der Waals surface area contributed by atoms with Crippen molar-refractivity contribution in [2.45, 2.75) is 5.92 Å². The zero-order chi connectivity index (χ0) is 32.5. The molecule has 1 aliphatic rings. The van der Waals surface area contributed by atoms with Gasteiger partial charge in [0.05, 0.1) is 24.5 Å². The number of esters is 2. The average molecular weight is 653 g/mol. The highest BCUT2D eigenvalue weighted by Gasteiger charge is 2.43. The summed E-state index contributed by atoms with van der Waals surface area (Å²) in [7, 11) is 2.52. The largest absolute Gasteiger partial charge is 0.465 e. The zero-order valence-electron chi connectivity index (χ0n) is 24.6. The van der Waals surface area contributed by atoms with Crippen molar-refractivity contribution in [2.24, 2.45) is 0 Å². The van der Waals surface area contributed by atoms with Crippen LogP contribution in [0.15, 0.2) is 103 Å². The number of para-hydroxylation sites is 1. The van der Waals surface area contributed by atoms with Gasteiger partial charge in [0.1, 0.15) is 5.57 Å². The number of nitro groups is 1. The van der Waals surface area contributed by atoms with Crippen molar-refractivity contribution in [2.75, 3.05) is 14.2 Å². The highest BCUT2D eigenvalue weighted by molar-refractivity contribution is 6.31. The van der Waals surface area contributed by atoms with Crippen molar-refractivity contribution >= 4 is 69.6 Å². The van der Waals surface area contributed by atoms with E-state index in [1.54, 1.807) is 47.2 Å². The number of ether oxygens (including phenoxy) is 2. The monoisotopic (exact) mass is 651 g/mol. The summed E-state index contributed by atoms with van der Waals surface area (Å²) >= 11 is 12.9. The molecule has 0 amide bonds. The van der Waals surface area contributed by atoms with E-state index in [1.807, 2.05) is 54.6 Å². The molecule has 1 aliphatic carbocycles. The molecule has 4 aromatic carbocycles. The lowest BCUT2D eigenvalue weighted by atomic mass is 9.87. The van der Waals surface area contributed by atoms with E-state index in [0.29, 0.717) is 15.6 Å². The molecule has 0 aliphatic heterocycles. The first-order valence-corrected chi connectivity index (χ1v) is 14.8. The predicted octanol–water partition coefficient (Wildman–Crippen LogP) is 7.88. The molecule has 1 aromatic heterocycles. The number of pyridine rings is 1. The number of fused-ring (bicyclic) bond motifs is 4. The average Bonchev–Trinajstić information content (AvgIpc) is 3.37. The summed E-state index contributed by atoms with van der Waals surface area (Å²) in [5.41, 5.74) is 5.38. The van der Waals surface area contributed by atoms with Crippen LogP contribution >= 0.6 is 23.2 Å². The van der Waals surface area contributed by atoms with Crippen molar-refractivity contribution < 1.29 is 28.6 Å². The maximum Gasteiger partial charge on any atom is 0.404 e. The zero-order valence-corrected chi connectivity index (χ0v) is 26.1. The Labute approximate surface area is 273 Å². The number of carbonyl (C=O) groups excluding carboxylic acids is 2. The number of hydrogen-bond acceptors (Lipinski definition) is 6. The third-order valence-electron chi connectivity index (χ3n) is 7.95. The third-order valence-corrected chi connectivity index (χ3v) is 8.42. The summed E-state index contributed by atoms with van der Waals surface area (Å²) in [5.74, 6) is -2.22. The molecule has 5 aromatic rings. The molecule has 0 saturated heterocycles. The summed E-state index contributed by atoms with van der Waals surface area (Å²) in [5, 5.41) is 12.8. The van der Waals surface area contributed by atoms with Gasteiger partial charge in [0, 0.05) is 40.2 Å². The fourth-order valence-electron chi connectivity index (χ4n) is 5.90. The van der Waals surface area contributed by atoms with E-state index in [4.69, 9.17) is 32.7 Å². The van der Waals surface area contributed by atoms with Crippen LogP contribution in [0.4, 0.5) is 5.69 Å². The second-order valence-corrected chi connectivity index (χ2v) is 11.4. The number of benzene rings is 4. The highest BCUT2D eigenvalue weighted by Crippen LogP contribution is 2.50. The van der Waals surface area contributed by atoms with Crippen LogP contribution in [-0.4, -0.2) is 31.1 Å². The molecule has 8 nitrogen and oxygen atoms in total. The molecular weight excluding hydrogens is 627 g/mol. The molecule has 0 atom stereocenters. The maximum atomic E-state index is 13.8. The molecular formula is C36H25Cl2N2O6+. The maximum absolute atomic E-state index is 13.8. The van der Waals surface area contributed by atoms with Gasteiger partial charge in [-0.3, -0.25) is 10.1 Å². The van der Waals surface area contributed by atoms with Crippen LogP contribution in [0.5, 0.6) is 0 Å². The van der Waals surface area contributed by atoms with Gasteiger partial charge in [-0.1, -0.05) is 59.6 Å². The molecule has 0 fully saturated rings. The van der Waals surface area contributed by atoms with Crippen molar-refractivity contribution in [3.05, 3.63) is 145 Å². The predicted molar refractivity (Wildman–Crippen MR) is 177 cm³/mol. The van der Waals surface area contributed by atoms with Crippen molar-refractivity contribution in [1.82, 2.24) is 0 Å². The standard InChI is InChI=1S/C36H25Cl2N2O6/c1-45-35(41)33(32-29-19-23(37)11-15-27(29)28-16-12-24(38)20-30(28)32)34(36(42)46-2)39-18-17-22(26-5-3-4-6-31(26)39)10-7-21-8-13-25(14-9-21)40(43)44/h3-20,32H,1-2H3/q+1/b10-7+,34-33-. The number of nitrogens with zero attached hydrogens (tertiary/aromatic N) is 2. The number of halogens is 2. The Morgan fingerprint density at radius 1 is 0.804 bits per heavy atom. The summed E-state index contributed by atoms with van der Waals surface area (Å²) in [4.78, 5) is 38.2. The van der Waals surface area contributed by atoms with Crippen LogP contribution in [0.3, 0.4) is 0 Å². The van der Waals surface area contributed by atoms with Gasteiger partial charge in [0.2, 0.25) is 5.52 Å². The molecule has 0 saturated carbocycles. The SMILES string of the molecule is COC(=O)/C(=C(/C(=O)OC)[n+]1ccc(/C=C/c2ccc([N+](=O)[O-])cc2)c2ccccc21)C1c2cc(Cl)ccc2-c2ccc(Cl)cc21. The van der Waals surface area contributed by atoms with Crippen molar-refractivity contribution in [3.8, 4) is 11.1 Å². The van der Waals surface area contributed by atoms with Gasteiger partial charge >= 0.3 is 17.6 Å². The minimum Gasteiger partial charge on any atom is -0.465 e. The molecule has 228 valence electrons. The number of hydrogen-bond donors (Lipinski definition) is 0. The summed E-state index contributed by atoms with van der Waals surface area (Å²) < 4.78 is 12.2. The van der Waals surface area contributed by atoms with Crippen LogP contribution in [-0.2, 0) is 19.1 Å². The summed E-state index contributed by atoms with van der Waals surface area (Å²) in [6.45, 7) is 0. The van der Waals surface area contributed by atoms with E-state index in [2.05, 4.69) is 0 Å². The van der Waals surface area contributed by atoms with E-state index in [9.17, 15) is 19.7 Å². The molecule has 0 spiro atoms. The van der Waals surface area contributed by atoms with Gasteiger partial charge < -0.3 is 9.47 Å². The van der Waals surface area contributed by atoms with Gasteiger partial charge in [-0.25, -0.2) is 9.59 Å². The van der Waals surface area contributed by atoms with E-state index in [1.165, 1.54) is 26.4 Å². The fourth-order valence-corrected chi connectivity index (χ4v) is 6.26. The van der Waals surface area contributed by atoms with Crippen LogP contribution in [0.1, 0.15) is 28.2 Å². The first kappa shape index (κ1) is 30.7. The minimum atomic E-state index is -0.753. The molecule has 0 bridgehead atoms. The Kier molecular flexibility index (Phi) is 8.41. The van der Waals surface area contributed by atoms with Crippen LogP contribution in [0.25, 0.3) is 39.9 Å². The normalized spacial score (nSPS) is 12.9. The molecule has 10 heteroatoms. The van der Waals surface area contributed by atoms with Gasteiger partial charge in [-0.05, 0) is 75.8 Å². The van der Waals surface area contributed by atoms with Gasteiger partial charge in [0.25, 0.3) is 5.69 Å². The lowest BCUT2D eigenvalue weighted by Gasteiger charge is -2.18. The van der Waals surface area contributed by atoms with Crippen molar-refractivity contribution in [3.63, 3.8) is 0 Å². The number of rotatable bonds is 7. The summed E-state index contributed by atoms with van der Waals surface area (Å²) in [6, 6.07) is 26.3. The number of methoxy groups -OCH3 is 2. The molecule has 0 radical (unpaired) electrons. The number of non-ortho nitro benzene ring substituents is 1. The van der Waals surface area contributed by atoms with E-state index < -0.39 is 22.8 Å². The van der Waals surface area contributed by atoms with Gasteiger partial charge in [0.15, 0.2) is 6.20 Å². The molecule has 6 rings (SSSR count). The Morgan fingerprint density at radius 3 is 2.00 bits per heavy atom. The van der Waals surface area contributed by atoms with Crippen LogP contribution < -0.4 is 4.57 Å². The topological polar surface area (TPSA) is 99.6 Å². The van der Waals surface area contributed by atoms with E-state index >= 15 is 0 Å². The van der Waals surface area contributed by atoms with Gasteiger partial charge in [-0.15, -0.1) is 0 Å². The number of aromatic nitrogens is 1. The number of carbonyl (C=O) groups is 2. The Morgan fingerprint density at radius 2 is 1.41 bits per heavy atom. The molecule has 0 N–H and O–H groups in total. The first-order chi connectivity index (χ1) is 22.2. The Hall–Kier alpha value is -5.31. The van der Waals surface area contributed by atoms with Crippen LogP contribution in [0, 0.1) is 10.1 Å².